The molecule has 21 heavy (non-hydrogen) atoms. The van der Waals surface area contributed by atoms with Crippen molar-refractivity contribution >= 4 is 5.97 Å². The molecular formula is C14H16F4O3. The SMILES string of the molecule is CCCCOCCOC(=O)c1cc(C(F)(F)F)ccc1F. The highest BCUT2D eigenvalue weighted by atomic mass is 19.4. The molecule has 0 fully saturated rings. The van der Waals surface area contributed by atoms with E-state index < -0.39 is 29.1 Å². The molecule has 0 bridgehead atoms. The molecule has 0 saturated carbocycles. The van der Waals surface area contributed by atoms with Crippen molar-refractivity contribution < 1.29 is 31.8 Å². The molecule has 1 aromatic rings. The number of hydrogen-bond acceptors (Lipinski definition) is 3. The van der Waals surface area contributed by atoms with Gasteiger partial charge in [0.15, 0.2) is 0 Å². The number of esters is 1. The van der Waals surface area contributed by atoms with Gasteiger partial charge in [0.05, 0.1) is 17.7 Å². The van der Waals surface area contributed by atoms with Gasteiger partial charge in [-0.25, -0.2) is 9.18 Å². The highest BCUT2D eigenvalue weighted by Gasteiger charge is 2.32. The van der Waals surface area contributed by atoms with E-state index in [1.165, 1.54) is 0 Å². The van der Waals surface area contributed by atoms with Crippen LogP contribution < -0.4 is 0 Å². The Kier molecular flexibility index (Phi) is 6.61. The quantitative estimate of drug-likeness (QED) is 0.436. The lowest BCUT2D eigenvalue weighted by molar-refractivity contribution is -0.137. The van der Waals surface area contributed by atoms with Crippen molar-refractivity contribution in [3.05, 3.63) is 35.1 Å². The standard InChI is InChI=1S/C14H16F4O3/c1-2-3-6-20-7-8-21-13(19)11-9-10(14(16,17)18)4-5-12(11)15/h4-5,9H,2-3,6-8H2,1H3. The Balaban J connectivity index is 2.57. The molecule has 0 aliphatic rings. The largest absolute Gasteiger partial charge is 0.460 e. The first-order chi connectivity index (χ1) is 9.86. The molecule has 0 aliphatic carbocycles. The number of halogens is 4. The lowest BCUT2D eigenvalue weighted by Gasteiger charge is -2.10. The van der Waals surface area contributed by atoms with Crippen molar-refractivity contribution in [2.45, 2.75) is 25.9 Å². The van der Waals surface area contributed by atoms with Crippen molar-refractivity contribution in [1.82, 2.24) is 0 Å². The van der Waals surface area contributed by atoms with Crippen LogP contribution in [0.15, 0.2) is 18.2 Å². The van der Waals surface area contributed by atoms with Gasteiger partial charge in [0.1, 0.15) is 12.4 Å². The van der Waals surface area contributed by atoms with Crippen molar-refractivity contribution in [1.29, 1.82) is 0 Å². The topological polar surface area (TPSA) is 35.5 Å². The minimum Gasteiger partial charge on any atom is -0.460 e. The fourth-order valence-corrected chi connectivity index (χ4v) is 1.48. The second kappa shape index (κ2) is 7.97. The van der Waals surface area contributed by atoms with Crippen molar-refractivity contribution in [3.63, 3.8) is 0 Å². The minimum atomic E-state index is -4.65. The predicted molar refractivity (Wildman–Crippen MR) is 67.4 cm³/mol. The molecule has 0 amide bonds. The van der Waals surface area contributed by atoms with Crippen LogP contribution in [0.2, 0.25) is 0 Å². The summed E-state index contributed by atoms with van der Waals surface area (Å²) in [5.41, 5.74) is -1.84. The lowest BCUT2D eigenvalue weighted by Crippen LogP contribution is -2.14. The fraction of sp³-hybridized carbons (Fsp3) is 0.500. The van der Waals surface area contributed by atoms with E-state index in [2.05, 4.69) is 4.74 Å². The Morgan fingerprint density at radius 3 is 2.52 bits per heavy atom. The highest BCUT2D eigenvalue weighted by molar-refractivity contribution is 5.90. The Hall–Kier alpha value is -1.63. The Labute approximate surface area is 119 Å². The molecule has 0 heterocycles. The third kappa shape index (κ3) is 5.71. The van der Waals surface area contributed by atoms with E-state index in [-0.39, 0.29) is 13.2 Å². The Morgan fingerprint density at radius 2 is 1.90 bits per heavy atom. The summed E-state index contributed by atoms with van der Waals surface area (Å²) in [6.45, 7) is 2.47. The molecule has 0 aromatic heterocycles. The van der Waals surface area contributed by atoms with Crippen LogP contribution in [0.5, 0.6) is 0 Å². The molecule has 0 atom stereocenters. The smallest absolute Gasteiger partial charge is 0.416 e. The van der Waals surface area contributed by atoms with Gasteiger partial charge in [-0.05, 0) is 24.6 Å². The van der Waals surface area contributed by atoms with Gasteiger partial charge in [0, 0.05) is 6.61 Å². The maximum Gasteiger partial charge on any atom is 0.416 e. The molecule has 3 nitrogen and oxygen atoms in total. The van der Waals surface area contributed by atoms with E-state index in [1.807, 2.05) is 6.92 Å². The molecule has 1 aromatic carbocycles. The van der Waals surface area contributed by atoms with Crippen LogP contribution in [0.3, 0.4) is 0 Å². The zero-order chi connectivity index (χ0) is 15.9. The van der Waals surface area contributed by atoms with Crippen molar-refractivity contribution in [3.8, 4) is 0 Å². The van der Waals surface area contributed by atoms with E-state index in [4.69, 9.17) is 4.74 Å². The molecule has 0 radical (unpaired) electrons. The predicted octanol–water partition coefficient (Wildman–Crippen LogP) is 3.82. The van der Waals surface area contributed by atoms with E-state index in [0.717, 1.165) is 12.8 Å². The molecule has 0 N–H and O–H groups in total. The van der Waals surface area contributed by atoms with E-state index >= 15 is 0 Å². The zero-order valence-electron chi connectivity index (χ0n) is 11.5. The third-order valence-corrected chi connectivity index (χ3v) is 2.62. The Bertz CT molecular complexity index is 472. The summed E-state index contributed by atoms with van der Waals surface area (Å²) >= 11 is 0. The van der Waals surface area contributed by atoms with Crippen molar-refractivity contribution in [2.75, 3.05) is 19.8 Å². The fourth-order valence-electron chi connectivity index (χ4n) is 1.48. The average Bonchev–Trinajstić information content (AvgIpc) is 2.41. The number of hydrogen-bond donors (Lipinski definition) is 0. The van der Waals surface area contributed by atoms with Gasteiger partial charge >= 0.3 is 12.1 Å². The van der Waals surface area contributed by atoms with Crippen molar-refractivity contribution in [2.24, 2.45) is 0 Å². The number of unbranched alkanes of at least 4 members (excludes halogenated alkanes) is 1. The van der Waals surface area contributed by atoms with E-state index in [1.54, 1.807) is 0 Å². The number of alkyl halides is 3. The second-order valence-corrected chi connectivity index (χ2v) is 4.29. The summed E-state index contributed by atoms with van der Waals surface area (Å²) < 4.78 is 60.7. The van der Waals surface area contributed by atoms with Crippen LogP contribution in [0.4, 0.5) is 17.6 Å². The first kappa shape index (κ1) is 17.4. The summed E-state index contributed by atoms with van der Waals surface area (Å²) in [5.74, 6) is -2.20. The first-order valence-electron chi connectivity index (χ1n) is 6.48. The van der Waals surface area contributed by atoms with Gasteiger partial charge in [-0.2, -0.15) is 13.2 Å². The number of carbonyl (C=O) groups is 1. The lowest BCUT2D eigenvalue weighted by atomic mass is 10.1. The van der Waals surface area contributed by atoms with Gasteiger partial charge in [-0.15, -0.1) is 0 Å². The highest BCUT2D eigenvalue weighted by Crippen LogP contribution is 2.30. The van der Waals surface area contributed by atoms with Crippen LogP contribution in [0, 0.1) is 5.82 Å². The van der Waals surface area contributed by atoms with E-state index in [9.17, 15) is 22.4 Å². The Morgan fingerprint density at radius 1 is 1.19 bits per heavy atom. The summed E-state index contributed by atoms with van der Waals surface area (Å²) in [7, 11) is 0. The van der Waals surface area contributed by atoms with Crippen LogP contribution in [-0.2, 0) is 15.7 Å². The van der Waals surface area contributed by atoms with Gasteiger partial charge < -0.3 is 9.47 Å². The number of rotatable bonds is 7. The molecule has 0 spiro atoms. The van der Waals surface area contributed by atoms with Crippen LogP contribution in [-0.4, -0.2) is 25.8 Å². The molecule has 0 unspecified atom stereocenters. The summed E-state index contributed by atoms with van der Waals surface area (Å²) in [6.07, 6.45) is -2.84. The molecule has 0 saturated heterocycles. The minimum absolute atomic E-state index is 0.117. The number of ether oxygens (including phenoxy) is 2. The molecular weight excluding hydrogens is 292 g/mol. The first-order valence-corrected chi connectivity index (χ1v) is 6.48. The molecule has 7 heteroatoms. The summed E-state index contributed by atoms with van der Waals surface area (Å²) in [4.78, 5) is 11.5. The van der Waals surface area contributed by atoms with Gasteiger partial charge in [-0.3, -0.25) is 0 Å². The normalized spacial score (nSPS) is 11.5. The molecule has 118 valence electrons. The maximum absolute atomic E-state index is 13.4. The molecule has 1 rings (SSSR count). The van der Waals surface area contributed by atoms with Crippen LogP contribution in [0.1, 0.15) is 35.7 Å². The number of carbonyl (C=O) groups excluding carboxylic acids is 1. The van der Waals surface area contributed by atoms with E-state index in [0.29, 0.717) is 24.8 Å². The van der Waals surface area contributed by atoms with Gasteiger partial charge in [-0.1, -0.05) is 13.3 Å². The average molecular weight is 308 g/mol. The zero-order valence-corrected chi connectivity index (χ0v) is 11.5. The third-order valence-electron chi connectivity index (χ3n) is 2.62. The maximum atomic E-state index is 13.4. The molecule has 0 aliphatic heterocycles. The van der Waals surface area contributed by atoms with Crippen LogP contribution >= 0.6 is 0 Å². The number of benzene rings is 1. The summed E-state index contributed by atoms with van der Waals surface area (Å²) in [5, 5.41) is 0. The van der Waals surface area contributed by atoms with Crippen LogP contribution in [0.25, 0.3) is 0 Å². The summed E-state index contributed by atoms with van der Waals surface area (Å²) in [6, 6.07) is 1.60. The van der Waals surface area contributed by atoms with Gasteiger partial charge in [0.25, 0.3) is 0 Å². The monoisotopic (exact) mass is 308 g/mol. The van der Waals surface area contributed by atoms with Gasteiger partial charge in [0.2, 0.25) is 0 Å². The second-order valence-electron chi connectivity index (χ2n) is 4.29.